The summed E-state index contributed by atoms with van der Waals surface area (Å²) in [4.78, 5) is 57.0. The Bertz CT molecular complexity index is 5680. The smallest absolute Gasteiger partial charge is 0.744 e. The van der Waals surface area contributed by atoms with Crippen molar-refractivity contribution in [2.24, 2.45) is 5.73 Å². The average Bonchev–Trinajstić information content (AvgIpc) is 0.789. The van der Waals surface area contributed by atoms with Crippen LogP contribution in [-0.4, -0.2) is 401 Å². The SMILES string of the molecule is CCO[Si](CCCN)(OCC)OCC.CCO[Si](CCCNc1nc(Nc2ccc(/C=C/c3ccc(Nc4nc(N(CCO)CCO)nc(N(CCO)CCO)n4)cc3S(=O)(=O)[O-])c(S(=O)(=O)[O-])c2)nc(N(CCO)CCO)n1)(OCC)OCC.O=S(=O)([O-])c1cc(Nc2nc(Cl)nc(N(CCO)CCO)n2)ccc1/C=C/c1ccc(Nc2nc(N(CCO)CCO)nc(N(CCO)CCO)n2)cc1S(=O)(=O)[O-].[Na+].[Na+].[Na+].[Na+]. The van der Waals surface area contributed by atoms with E-state index in [9.17, 15) is 113 Å². The van der Waals surface area contributed by atoms with E-state index < -0.39 is 77.7 Å². The predicted octanol–water partition coefficient (Wildman–Crippen LogP) is -12.3. The summed E-state index contributed by atoms with van der Waals surface area (Å²) < 4.78 is 185. The van der Waals surface area contributed by atoms with Crippen LogP contribution in [0.5, 0.6) is 0 Å². The molecule has 0 saturated heterocycles. The van der Waals surface area contributed by atoms with Crippen molar-refractivity contribution >= 4 is 182 Å². The van der Waals surface area contributed by atoms with Gasteiger partial charge in [0.1, 0.15) is 40.5 Å². The fraction of sp³-hybridized carbons (Fsp3) is 0.512. The van der Waals surface area contributed by atoms with Gasteiger partial charge in [0.25, 0.3) is 0 Å². The molecule has 19 N–H and O–H groups in total. The zero-order valence-electron chi connectivity index (χ0n) is 83.5. The molecule has 54 nitrogen and oxygen atoms in total. The third-order valence-corrected chi connectivity index (χ3v) is 29.5. The molecule has 0 aliphatic carbocycles. The van der Waals surface area contributed by atoms with E-state index >= 15 is 0 Å². The molecule has 0 spiro atoms. The van der Waals surface area contributed by atoms with Gasteiger partial charge in [-0.15, -0.1) is 0 Å². The summed E-state index contributed by atoms with van der Waals surface area (Å²) in [5.74, 6) is -0.641. The van der Waals surface area contributed by atoms with Gasteiger partial charge in [0.05, 0.1) is 98.9 Å². The van der Waals surface area contributed by atoms with Gasteiger partial charge in [0.15, 0.2) is 0 Å². The number of aliphatic hydroxyl groups is 12. The Balaban J connectivity index is 0.000000867. The van der Waals surface area contributed by atoms with Gasteiger partial charge in [-0.3, -0.25) is 0 Å². The van der Waals surface area contributed by atoms with Crippen LogP contribution < -0.4 is 180 Å². The monoisotopic (exact) mass is 2240 g/mol. The zero-order valence-corrected chi connectivity index (χ0v) is 97.6. The number of nitrogens with one attached hydrogen (secondary N) is 5. The van der Waals surface area contributed by atoms with Crippen LogP contribution in [0.3, 0.4) is 0 Å². The summed E-state index contributed by atoms with van der Waals surface area (Å²) >= 11 is 6.04. The fourth-order valence-corrected chi connectivity index (χ4v) is 21.6. The molecule has 796 valence electrons. The van der Waals surface area contributed by atoms with Crippen LogP contribution in [0.4, 0.5) is 88.2 Å². The number of aromatic nitrogens is 12. The first-order valence-corrected chi connectivity index (χ1v) is 54.9. The van der Waals surface area contributed by atoms with E-state index in [2.05, 4.69) is 86.4 Å². The number of hydrogen-bond donors (Lipinski definition) is 18. The summed E-state index contributed by atoms with van der Waals surface area (Å²) in [5, 5.41) is 129. The number of anilines is 15. The maximum absolute atomic E-state index is 12.7. The Kier molecular flexibility index (Phi) is 66.1. The van der Waals surface area contributed by atoms with E-state index in [1.807, 2.05) is 41.5 Å². The minimum Gasteiger partial charge on any atom is -0.744 e. The number of rotatable bonds is 66. The van der Waals surface area contributed by atoms with E-state index in [4.69, 9.17) is 43.9 Å². The molecule has 147 heavy (non-hydrogen) atoms. The van der Waals surface area contributed by atoms with Gasteiger partial charge in [-0.25, -0.2) is 33.7 Å². The van der Waals surface area contributed by atoms with Crippen molar-refractivity contribution in [3.05, 3.63) is 100 Å². The zero-order chi connectivity index (χ0) is 105. The van der Waals surface area contributed by atoms with E-state index in [0.29, 0.717) is 65.2 Å². The predicted molar refractivity (Wildman–Crippen MR) is 529 cm³/mol. The second kappa shape index (κ2) is 71.0. The maximum Gasteiger partial charge on any atom is 1.00 e. The van der Waals surface area contributed by atoms with Crippen molar-refractivity contribution in [1.82, 2.24) is 59.8 Å². The second-order valence-electron chi connectivity index (χ2n) is 29.5. The normalized spacial score (nSPS) is 11.7. The molecule has 4 aromatic heterocycles. The molecule has 0 fully saturated rings. The average molecular weight is 2240 g/mol. The van der Waals surface area contributed by atoms with Crippen molar-refractivity contribution in [1.29, 1.82) is 0 Å². The molecule has 0 amide bonds. The molecule has 0 atom stereocenters. The summed E-state index contributed by atoms with van der Waals surface area (Å²) in [7, 11) is -26.2. The van der Waals surface area contributed by atoms with Gasteiger partial charge in [0, 0.05) is 160 Å². The number of nitrogens with two attached hydrogens (primary N) is 1. The maximum atomic E-state index is 12.7. The van der Waals surface area contributed by atoms with E-state index in [-0.39, 0.29) is 392 Å². The summed E-state index contributed by atoms with van der Waals surface area (Å²) in [6, 6.07) is 15.6. The number of halogens is 1. The second-order valence-corrected chi connectivity index (χ2v) is 40.7. The van der Waals surface area contributed by atoms with Crippen molar-refractivity contribution in [2.75, 3.05) is 267 Å². The van der Waals surface area contributed by atoms with Gasteiger partial charge in [0.2, 0.25) is 70.7 Å². The Morgan fingerprint density at radius 2 is 0.517 bits per heavy atom. The molecule has 0 unspecified atom stereocenters. The first-order valence-electron chi connectivity index (χ1n) is 45.0. The van der Waals surface area contributed by atoms with Crippen LogP contribution in [0.25, 0.3) is 24.3 Å². The van der Waals surface area contributed by atoms with Gasteiger partial charge in [-0.1, -0.05) is 48.6 Å². The van der Waals surface area contributed by atoms with Gasteiger partial charge < -0.3 is 168 Å². The molecule has 8 aromatic rings. The molecular formula is C82H125ClN24Na4O30S4Si2. The number of aliphatic hydroxyl groups excluding tert-OH is 12. The first-order chi connectivity index (χ1) is 68.4. The topological polar surface area (TPSA) is 787 Å². The molecular weight excluding hydrogens is 2110 g/mol. The fourth-order valence-electron chi connectivity index (χ4n) is 13.4. The molecule has 0 aliphatic heterocycles. The third kappa shape index (κ3) is 45.8. The Morgan fingerprint density at radius 1 is 0.313 bits per heavy atom. The Morgan fingerprint density at radius 3 is 0.735 bits per heavy atom. The van der Waals surface area contributed by atoms with E-state index in [0.717, 1.165) is 61.0 Å². The number of hydrogen-bond acceptors (Lipinski definition) is 54. The van der Waals surface area contributed by atoms with Crippen LogP contribution in [0, 0.1) is 0 Å². The van der Waals surface area contributed by atoms with Crippen LogP contribution in [0.15, 0.2) is 92.4 Å². The van der Waals surface area contributed by atoms with Crippen molar-refractivity contribution in [3.8, 4) is 0 Å². The Hall–Kier alpha value is -6.20. The van der Waals surface area contributed by atoms with Gasteiger partial charge in [-0.05, 0) is 143 Å². The summed E-state index contributed by atoms with van der Waals surface area (Å²) in [5.41, 5.74) is 4.78. The van der Waals surface area contributed by atoms with Crippen LogP contribution in [-0.2, 0) is 67.0 Å². The molecule has 0 aliphatic rings. The van der Waals surface area contributed by atoms with Gasteiger partial charge in [-0.2, -0.15) is 59.8 Å². The van der Waals surface area contributed by atoms with Crippen molar-refractivity contribution in [2.45, 2.75) is 86.1 Å². The summed E-state index contributed by atoms with van der Waals surface area (Å²) in [6.45, 7) is 11.8. The largest absolute Gasteiger partial charge is 1.00 e. The quantitative estimate of drug-likeness (QED) is 0.00728. The molecule has 0 radical (unpaired) electrons. The molecule has 4 aromatic carbocycles. The number of benzene rings is 4. The standard InChI is InChI=1S/C41H64N12O15S2Si.C32H42ClN11O12S2.C9H23NO3Si.4Na/c1-4-66-71(67-5-2,68-6-3)27-7-14-42-36-45-37(47-39(46-36)51(15-21-54)16-22-55)43-32-12-10-30(34(28-32)69(60,61)62)8-9-31-11-13-33(29-35(31)70(63,64)65)44-38-48-40(52(17-23-56)18-24-57)50-41(49-38)53(19-25-58)20-26-59;33-27-36-28(38-30(37-27)42(7-13-45)8-14-46)34-23-5-3-21(25(19-23)57(51,52)53)1-2-22-4-6-24(20-26(22)58(54,55)56)35-29-39-31(43(9-15-47)10-16-48)41-32(40-29)44(11-17-49)12-18-50;1-4-11-14(12-5-2,13-6-3)9-7-8-10;;;;/h8-13,28-29,54-59H,4-7,14-27H2,1-3H3,(H,60,61,62)(H,63,64,65)(H,44,48,49,50)(H2,42,43,45,46,47);1-6,19-20,45-50H,7-18H2,(H,51,52,53)(H,54,55,56)(H,34,36,37,38)(H,35,39,40,41);4-10H2,1-3H3;;;;/q;;;4*+1/p-4/b9-8+;2-1+;;;;;. The van der Waals surface area contributed by atoms with E-state index in [1.165, 1.54) is 77.9 Å². The van der Waals surface area contributed by atoms with E-state index in [1.54, 1.807) is 0 Å². The van der Waals surface area contributed by atoms with Crippen LogP contribution in [0.1, 0.15) is 76.6 Å². The van der Waals surface area contributed by atoms with Crippen molar-refractivity contribution in [3.63, 3.8) is 0 Å². The van der Waals surface area contributed by atoms with Crippen molar-refractivity contribution < 1.29 is 258 Å². The molecule has 0 saturated carbocycles. The van der Waals surface area contributed by atoms with Gasteiger partial charge >= 0.3 is 136 Å². The molecule has 8 rings (SSSR count). The minimum atomic E-state index is -5.23. The molecule has 4 heterocycles. The number of nitrogens with zero attached hydrogens (tertiary/aromatic N) is 18. The summed E-state index contributed by atoms with van der Waals surface area (Å²) in [6.07, 6.45) is 5.91. The van der Waals surface area contributed by atoms with Crippen LogP contribution >= 0.6 is 11.6 Å². The third-order valence-electron chi connectivity index (χ3n) is 19.4. The minimum absolute atomic E-state index is 0. The van der Waals surface area contributed by atoms with Crippen LogP contribution in [0.2, 0.25) is 17.4 Å². The first kappa shape index (κ1) is 137. The molecule has 65 heteroatoms. The Labute approximate surface area is 949 Å². The molecule has 0 bridgehead atoms.